The van der Waals surface area contributed by atoms with Crippen molar-refractivity contribution in [2.45, 2.75) is 18.9 Å². The molecule has 0 saturated carbocycles. The fourth-order valence-corrected chi connectivity index (χ4v) is 2.32. The van der Waals surface area contributed by atoms with Crippen molar-refractivity contribution < 1.29 is 0 Å². The quantitative estimate of drug-likeness (QED) is 0.639. The Hall–Kier alpha value is -0.120. The minimum atomic E-state index is 0.736. The van der Waals surface area contributed by atoms with E-state index in [0.29, 0.717) is 0 Å². The van der Waals surface area contributed by atoms with Gasteiger partial charge in [-0.05, 0) is 32.4 Å². The van der Waals surface area contributed by atoms with Gasteiger partial charge in [0.25, 0.3) is 0 Å². The first-order valence-corrected chi connectivity index (χ1v) is 5.47. The second-order valence-electron chi connectivity index (χ2n) is 4.54. The van der Waals surface area contributed by atoms with Crippen molar-refractivity contribution in [1.82, 2.24) is 15.5 Å². The molecule has 0 radical (unpaired) electrons. The predicted molar refractivity (Wildman–Crippen MR) is 54.9 cm³/mol. The molecule has 3 nitrogen and oxygen atoms in total. The van der Waals surface area contributed by atoms with Gasteiger partial charge in [-0.3, -0.25) is 0 Å². The molecule has 2 aliphatic rings. The van der Waals surface area contributed by atoms with Crippen LogP contribution in [0.4, 0.5) is 0 Å². The lowest BCUT2D eigenvalue weighted by Gasteiger charge is -2.37. The van der Waals surface area contributed by atoms with Gasteiger partial charge in [-0.2, -0.15) is 0 Å². The van der Waals surface area contributed by atoms with Crippen molar-refractivity contribution in [1.29, 1.82) is 0 Å². The molecular formula is C10H21N3. The van der Waals surface area contributed by atoms with Crippen molar-refractivity contribution in [3.8, 4) is 0 Å². The Morgan fingerprint density at radius 2 is 2.31 bits per heavy atom. The molecule has 0 aromatic heterocycles. The van der Waals surface area contributed by atoms with Crippen LogP contribution in [0.25, 0.3) is 0 Å². The van der Waals surface area contributed by atoms with Gasteiger partial charge < -0.3 is 15.5 Å². The highest BCUT2D eigenvalue weighted by Crippen LogP contribution is 2.12. The summed E-state index contributed by atoms with van der Waals surface area (Å²) in [6.07, 6.45) is 2.69. The summed E-state index contributed by atoms with van der Waals surface area (Å²) >= 11 is 0. The third kappa shape index (κ3) is 2.66. The zero-order valence-electron chi connectivity index (χ0n) is 8.55. The molecule has 0 bridgehead atoms. The molecular weight excluding hydrogens is 162 g/mol. The summed E-state index contributed by atoms with van der Waals surface area (Å²) in [5, 5.41) is 7.09. The van der Waals surface area contributed by atoms with E-state index in [1.807, 2.05) is 0 Å². The van der Waals surface area contributed by atoms with Gasteiger partial charge in [-0.15, -0.1) is 0 Å². The van der Waals surface area contributed by atoms with Gasteiger partial charge >= 0.3 is 0 Å². The number of likely N-dealkylation sites (tertiary alicyclic amines) is 1. The number of rotatable bonds is 3. The zero-order valence-corrected chi connectivity index (χ0v) is 8.55. The first-order valence-electron chi connectivity index (χ1n) is 5.47. The van der Waals surface area contributed by atoms with E-state index >= 15 is 0 Å². The number of piperidine rings is 1. The summed E-state index contributed by atoms with van der Waals surface area (Å²) in [5.41, 5.74) is 0. The average molecular weight is 183 g/mol. The van der Waals surface area contributed by atoms with E-state index in [1.54, 1.807) is 0 Å². The first-order chi connectivity index (χ1) is 6.34. The van der Waals surface area contributed by atoms with E-state index in [1.165, 1.54) is 45.6 Å². The van der Waals surface area contributed by atoms with E-state index in [2.05, 4.69) is 22.6 Å². The summed E-state index contributed by atoms with van der Waals surface area (Å²) < 4.78 is 0. The van der Waals surface area contributed by atoms with Crippen LogP contribution in [0.5, 0.6) is 0 Å². The zero-order chi connectivity index (χ0) is 9.10. The normalized spacial score (nSPS) is 31.6. The van der Waals surface area contributed by atoms with E-state index in [-0.39, 0.29) is 0 Å². The molecule has 2 saturated heterocycles. The number of nitrogens with one attached hydrogen (secondary N) is 2. The topological polar surface area (TPSA) is 27.3 Å². The summed E-state index contributed by atoms with van der Waals surface area (Å²) in [5.74, 6) is 0.909. The highest BCUT2D eigenvalue weighted by atomic mass is 15.2. The van der Waals surface area contributed by atoms with Gasteiger partial charge in [-0.25, -0.2) is 0 Å². The lowest BCUT2D eigenvalue weighted by molar-refractivity contribution is 0.128. The monoisotopic (exact) mass is 183 g/mol. The Bertz CT molecular complexity index is 148. The molecule has 0 amide bonds. The molecule has 2 N–H and O–H groups in total. The minimum Gasteiger partial charge on any atom is -0.315 e. The molecule has 2 heterocycles. The predicted octanol–water partition coefficient (Wildman–Crippen LogP) is -0.110. The highest BCUT2D eigenvalue weighted by Gasteiger charge is 2.23. The van der Waals surface area contributed by atoms with Crippen LogP contribution in [0.2, 0.25) is 0 Å². The van der Waals surface area contributed by atoms with Crippen molar-refractivity contribution in [3.63, 3.8) is 0 Å². The summed E-state index contributed by atoms with van der Waals surface area (Å²) in [6.45, 7) is 6.17. The van der Waals surface area contributed by atoms with Crippen LogP contribution < -0.4 is 10.6 Å². The van der Waals surface area contributed by atoms with Gasteiger partial charge in [-0.1, -0.05) is 0 Å². The second kappa shape index (κ2) is 4.40. The standard InChI is InChI=1S/C10H21N3/c1-13-7-9(8-13)5-12-10-3-2-4-11-6-10/h9-12H,2-8H2,1H3. The van der Waals surface area contributed by atoms with Crippen LogP contribution >= 0.6 is 0 Å². The number of nitrogens with zero attached hydrogens (tertiary/aromatic N) is 1. The van der Waals surface area contributed by atoms with E-state index in [4.69, 9.17) is 0 Å². The molecule has 2 fully saturated rings. The van der Waals surface area contributed by atoms with E-state index in [9.17, 15) is 0 Å². The molecule has 0 aromatic rings. The fourth-order valence-electron chi connectivity index (χ4n) is 2.32. The Balaban J connectivity index is 1.56. The third-order valence-corrected chi connectivity index (χ3v) is 3.13. The molecule has 0 spiro atoms. The number of hydrogen-bond donors (Lipinski definition) is 2. The Morgan fingerprint density at radius 1 is 1.46 bits per heavy atom. The maximum absolute atomic E-state index is 3.65. The van der Waals surface area contributed by atoms with Crippen LogP contribution in [-0.4, -0.2) is 50.7 Å². The average Bonchev–Trinajstić information content (AvgIpc) is 2.12. The molecule has 0 aliphatic carbocycles. The van der Waals surface area contributed by atoms with Gasteiger partial charge in [0, 0.05) is 32.2 Å². The third-order valence-electron chi connectivity index (χ3n) is 3.13. The molecule has 1 unspecified atom stereocenters. The molecule has 76 valence electrons. The summed E-state index contributed by atoms with van der Waals surface area (Å²) in [4.78, 5) is 2.38. The smallest absolute Gasteiger partial charge is 0.0193 e. The van der Waals surface area contributed by atoms with E-state index in [0.717, 1.165) is 12.0 Å². The SMILES string of the molecule is CN1CC(CNC2CCCNC2)C1. The lowest BCUT2D eigenvalue weighted by Crippen LogP contribution is -2.52. The molecule has 13 heavy (non-hydrogen) atoms. The van der Waals surface area contributed by atoms with Crippen molar-refractivity contribution in [2.24, 2.45) is 5.92 Å². The number of hydrogen-bond acceptors (Lipinski definition) is 3. The molecule has 3 heteroatoms. The summed E-state index contributed by atoms with van der Waals surface area (Å²) in [6, 6.07) is 0.736. The molecule has 0 aromatic carbocycles. The van der Waals surface area contributed by atoms with Crippen LogP contribution in [-0.2, 0) is 0 Å². The van der Waals surface area contributed by atoms with Gasteiger partial charge in [0.15, 0.2) is 0 Å². The molecule has 2 rings (SSSR count). The van der Waals surface area contributed by atoms with E-state index < -0.39 is 0 Å². The van der Waals surface area contributed by atoms with Gasteiger partial charge in [0.2, 0.25) is 0 Å². The minimum absolute atomic E-state index is 0.736. The molecule has 1 atom stereocenters. The van der Waals surface area contributed by atoms with Crippen molar-refractivity contribution in [3.05, 3.63) is 0 Å². The lowest BCUT2D eigenvalue weighted by atomic mass is 10.00. The Labute approximate surface area is 80.9 Å². The Kier molecular flexibility index (Phi) is 3.19. The van der Waals surface area contributed by atoms with Gasteiger partial charge in [0.1, 0.15) is 0 Å². The maximum Gasteiger partial charge on any atom is 0.0193 e. The van der Waals surface area contributed by atoms with Crippen LogP contribution in [0, 0.1) is 5.92 Å². The van der Waals surface area contributed by atoms with Crippen LogP contribution in [0.3, 0.4) is 0 Å². The Morgan fingerprint density at radius 3 is 2.92 bits per heavy atom. The maximum atomic E-state index is 3.65. The van der Waals surface area contributed by atoms with Crippen LogP contribution in [0.1, 0.15) is 12.8 Å². The first kappa shape index (κ1) is 9.44. The van der Waals surface area contributed by atoms with Gasteiger partial charge in [0.05, 0.1) is 0 Å². The summed E-state index contributed by atoms with van der Waals surface area (Å²) in [7, 11) is 2.19. The van der Waals surface area contributed by atoms with Crippen LogP contribution in [0.15, 0.2) is 0 Å². The highest BCUT2D eigenvalue weighted by molar-refractivity contribution is 4.82. The van der Waals surface area contributed by atoms with Crippen molar-refractivity contribution >= 4 is 0 Å². The molecule has 2 aliphatic heterocycles. The van der Waals surface area contributed by atoms with Crippen molar-refractivity contribution in [2.75, 3.05) is 39.8 Å². The second-order valence-corrected chi connectivity index (χ2v) is 4.54. The largest absolute Gasteiger partial charge is 0.315 e. The fraction of sp³-hybridized carbons (Fsp3) is 1.00.